The van der Waals surface area contributed by atoms with Crippen LogP contribution >= 0.6 is 0 Å². The molecule has 0 aliphatic heterocycles. The van der Waals surface area contributed by atoms with Crippen LogP contribution in [0, 0.1) is 11.3 Å². The summed E-state index contributed by atoms with van der Waals surface area (Å²) in [6.07, 6.45) is -14.8. The van der Waals surface area contributed by atoms with E-state index in [0.717, 1.165) is 18.2 Å². The third kappa shape index (κ3) is 3.32. The van der Waals surface area contributed by atoms with Crippen LogP contribution in [-0.4, -0.2) is 23.1 Å². The van der Waals surface area contributed by atoms with Gasteiger partial charge in [0.25, 0.3) is 0 Å². The van der Waals surface area contributed by atoms with E-state index in [9.17, 15) is 35.8 Å². The predicted molar refractivity (Wildman–Crippen MR) is 61.3 cm³/mol. The van der Waals surface area contributed by atoms with E-state index in [1.54, 1.807) is 6.07 Å². The maximum absolute atomic E-state index is 13.7. The Kier molecular flexibility index (Phi) is 4.50. The fourth-order valence-corrected chi connectivity index (χ4v) is 1.86. The highest BCUT2D eigenvalue weighted by Crippen LogP contribution is 2.51. The van der Waals surface area contributed by atoms with Crippen LogP contribution in [0.4, 0.5) is 30.7 Å². The number of alkyl halides is 7. The van der Waals surface area contributed by atoms with E-state index in [4.69, 9.17) is 5.26 Å². The third-order valence-electron chi connectivity index (χ3n) is 3.10. The van der Waals surface area contributed by atoms with Crippen molar-refractivity contribution in [2.75, 3.05) is 0 Å². The van der Waals surface area contributed by atoms with Gasteiger partial charge < -0.3 is 5.11 Å². The van der Waals surface area contributed by atoms with Crippen molar-refractivity contribution in [3.63, 3.8) is 0 Å². The van der Waals surface area contributed by atoms with Gasteiger partial charge >= 0.3 is 18.0 Å². The van der Waals surface area contributed by atoms with Crippen LogP contribution in [0.5, 0.6) is 0 Å². The summed E-state index contributed by atoms with van der Waals surface area (Å²) < 4.78 is 88.9. The number of nitriles is 1. The molecule has 22 heavy (non-hydrogen) atoms. The van der Waals surface area contributed by atoms with Gasteiger partial charge in [-0.1, -0.05) is 12.1 Å². The molecule has 1 atom stereocenters. The fourth-order valence-electron chi connectivity index (χ4n) is 1.86. The van der Waals surface area contributed by atoms with Crippen molar-refractivity contribution in [1.82, 2.24) is 0 Å². The van der Waals surface area contributed by atoms with Gasteiger partial charge in [-0.05, 0) is 24.6 Å². The Hall–Kier alpha value is -1.82. The number of nitrogens with zero attached hydrogens (tertiary/aromatic N) is 1. The van der Waals surface area contributed by atoms with E-state index >= 15 is 0 Å². The molecule has 0 bridgehead atoms. The lowest BCUT2D eigenvalue weighted by atomic mass is 9.83. The molecule has 2 nitrogen and oxygen atoms in total. The first-order valence-electron chi connectivity index (χ1n) is 5.80. The molecular weight excluding hydrogens is 319 g/mol. The zero-order valence-corrected chi connectivity index (χ0v) is 11.1. The Balaban J connectivity index is 3.30. The molecule has 9 heteroatoms. The molecule has 0 aliphatic rings. The standard InChI is InChI=1S/C13H10F7NO/c1-10(22,9-4-2-3-8(5-9)6-21)7-11(14,12(15,16)17)13(18,19)20/h2-5,22H,7H2,1H3. The third-order valence-corrected chi connectivity index (χ3v) is 3.10. The molecule has 0 amide bonds. The zero-order chi connectivity index (χ0) is 17.4. The van der Waals surface area contributed by atoms with Gasteiger partial charge in [0.15, 0.2) is 0 Å². The monoisotopic (exact) mass is 329 g/mol. The van der Waals surface area contributed by atoms with Crippen LogP contribution in [0.15, 0.2) is 24.3 Å². The van der Waals surface area contributed by atoms with Crippen LogP contribution < -0.4 is 0 Å². The van der Waals surface area contributed by atoms with E-state index in [0.29, 0.717) is 6.92 Å². The normalized spacial score (nSPS) is 16.0. The molecule has 0 aliphatic carbocycles. The van der Waals surface area contributed by atoms with Crippen molar-refractivity contribution in [2.24, 2.45) is 0 Å². The molecule has 1 unspecified atom stereocenters. The molecule has 0 saturated heterocycles. The number of halogens is 7. The lowest BCUT2D eigenvalue weighted by Crippen LogP contribution is -2.56. The minimum Gasteiger partial charge on any atom is -0.385 e. The van der Waals surface area contributed by atoms with Crippen molar-refractivity contribution >= 4 is 0 Å². The average molecular weight is 329 g/mol. The van der Waals surface area contributed by atoms with E-state index in [1.165, 1.54) is 6.07 Å². The first kappa shape index (κ1) is 18.2. The molecule has 0 fully saturated rings. The van der Waals surface area contributed by atoms with Crippen LogP contribution in [0.3, 0.4) is 0 Å². The number of hydrogen-bond acceptors (Lipinski definition) is 2. The highest BCUT2D eigenvalue weighted by molar-refractivity contribution is 5.35. The van der Waals surface area contributed by atoms with Crippen molar-refractivity contribution < 1.29 is 35.8 Å². The van der Waals surface area contributed by atoms with Gasteiger partial charge in [-0.25, -0.2) is 4.39 Å². The summed E-state index contributed by atoms with van der Waals surface area (Å²) in [5.41, 5.74) is -8.89. The molecule has 1 aromatic rings. The van der Waals surface area contributed by atoms with Crippen LogP contribution in [0.2, 0.25) is 0 Å². The lowest BCUT2D eigenvalue weighted by Gasteiger charge is -2.36. The molecule has 122 valence electrons. The molecule has 0 radical (unpaired) electrons. The lowest BCUT2D eigenvalue weighted by molar-refractivity contribution is -0.352. The van der Waals surface area contributed by atoms with E-state index < -0.39 is 35.6 Å². The maximum atomic E-state index is 13.7. The molecule has 0 aromatic heterocycles. The second-order valence-electron chi connectivity index (χ2n) is 4.94. The summed E-state index contributed by atoms with van der Waals surface area (Å²) in [5, 5.41) is 18.6. The molecular formula is C13H10F7NO. The summed E-state index contributed by atoms with van der Waals surface area (Å²) in [6, 6.07) is 5.91. The number of hydrogen-bond donors (Lipinski definition) is 1. The van der Waals surface area contributed by atoms with Gasteiger partial charge in [-0.2, -0.15) is 31.6 Å². The quantitative estimate of drug-likeness (QED) is 0.852. The minimum absolute atomic E-state index is 0.0961. The second-order valence-corrected chi connectivity index (χ2v) is 4.94. The fraction of sp³-hybridized carbons (Fsp3) is 0.462. The van der Waals surface area contributed by atoms with Crippen LogP contribution in [-0.2, 0) is 5.60 Å². The topological polar surface area (TPSA) is 44.0 Å². The zero-order valence-electron chi connectivity index (χ0n) is 11.1. The van der Waals surface area contributed by atoms with Gasteiger partial charge in [0.1, 0.15) is 0 Å². The summed E-state index contributed by atoms with van der Waals surface area (Å²) in [4.78, 5) is 0. The Morgan fingerprint density at radius 1 is 1.05 bits per heavy atom. The number of aliphatic hydroxyl groups is 1. The molecule has 0 spiro atoms. The molecule has 1 rings (SSSR count). The average Bonchev–Trinajstić information content (AvgIpc) is 2.35. The Morgan fingerprint density at radius 2 is 1.55 bits per heavy atom. The summed E-state index contributed by atoms with van der Waals surface area (Å²) >= 11 is 0. The summed E-state index contributed by atoms with van der Waals surface area (Å²) in [6.45, 7) is 0.620. The molecule has 0 heterocycles. The van der Waals surface area contributed by atoms with Crippen LogP contribution in [0.1, 0.15) is 24.5 Å². The first-order valence-corrected chi connectivity index (χ1v) is 5.80. The summed E-state index contributed by atoms with van der Waals surface area (Å²) in [5.74, 6) is 0. The van der Waals surface area contributed by atoms with Crippen LogP contribution in [0.25, 0.3) is 0 Å². The Labute approximate surface area is 120 Å². The van der Waals surface area contributed by atoms with Gasteiger partial charge in [-0.15, -0.1) is 0 Å². The Bertz CT molecular complexity index is 569. The van der Waals surface area contributed by atoms with Gasteiger partial charge in [0, 0.05) is 6.42 Å². The maximum Gasteiger partial charge on any atom is 0.431 e. The van der Waals surface area contributed by atoms with Gasteiger partial charge in [-0.3, -0.25) is 0 Å². The van der Waals surface area contributed by atoms with E-state index in [2.05, 4.69) is 0 Å². The largest absolute Gasteiger partial charge is 0.431 e. The minimum atomic E-state index is -6.25. The van der Waals surface area contributed by atoms with Gasteiger partial charge in [0.2, 0.25) is 0 Å². The predicted octanol–water partition coefficient (Wildman–Crippen LogP) is 3.99. The molecule has 1 aromatic carbocycles. The molecule has 0 saturated carbocycles. The SMILES string of the molecule is CC(O)(CC(F)(C(F)(F)F)C(F)(F)F)c1cccc(C#N)c1. The number of rotatable bonds is 3. The smallest absolute Gasteiger partial charge is 0.385 e. The van der Waals surface area contributed by atoms with Crippen molar-refractivity contribution in [1.29, 1.82) is 5.26 Å². The second kappa shape index (κ2) is 5.43. The number of benzene rings is 1. The van der Waals surface area contributed by atoms with Crippen molar-refractivity contribution in [3.8, 4) is 6.07 Å². The van der Waals surface area contributed by atoms with E-state index in [1.807, 2.05) is 0 Å². The first-order chi connectivity index (χ1) is 9.74. The highest BCUT2D eigenvalue weighted by Gasteiger charge is 2.73. The van der Waals surface area contributed by atoms with Crippen molar-refractivity contribution in [2.45, 2.75) is 37.0 Å². The van der Waals surface area contributed by atoms with Gasteiger partial charge in [0.05, 0.1) is 17.2 Å². The molecule has 1 N–H and O–H groups in total. The highest BCUT2D eigenvalue weighted by atomic mass is 19.4. The van der Waals surface area contributed by atoms with Crippen molar-refractivity contribution in [3.05, 3.63) is 35.4 Å². The Morgan fingerprint density at radius 3 is 1.95 bits per heavy atom. The van der Waals surface area contributed by atoms with E-state index in [-0.39, 0.29) is 5.56 Å². The summed E-state index contributed by atoms with van der Waals surface area (Å²) in [7, 11) is 0.